The van der Waals surface area contributed by atoms with Crippen molar-refractivity contribution in [2.45, 2.75) is 56.1 Å². The van der Waals surface area contributed by atoms with Crippen molar-refractivity contribution < 1.29 is 4.79 Å². The maximum absolute atomic E-state index is 11.5. The number of carbonyl (C=O) groups is 1. The Morgan fingerprint density at radius 1 is 1.00 bits per heavy atom. The summed E-state index contributed by atoms with van der Waals surface area (Å²) in [6.45, 7) is 4.59. The summed E-state index contributed by atoms with van der Waals surface area (Å²) < 4.78 is 0. The molecule has 0 aromatic carbocycles. The molecule has 0 aromatic rings. The fraction of sp³-hybridized carbons (Fsp3) is 0.929. The number of rotatable bonds is 3. The van der Waals surface area contributed by atoms with Crippen molar-refractivity contribution in [2.24, 2.45) is 11.5 Å². The number of nitrogens with zero attached hydrogens (tertiary/aromatic N) is 2. The van der Waals surface area contributed by atoms with E-state index in [4.69, 9.17) is 11.5 Å². The third-order valence-corrected chi connectivity index (χ3v) is 5.18. The van der Waals surface area contributed by atoms with E-state index < -0.39 is 5.54 Å². The quantitative estimate of drug-likeness (QED) is 0.747. The molecule has 19 heavy (non-hydrogen) atoms. The Balaban J connectivity index is 1.55. The van der Waals surface area contributed by atoms with E-state index in [1.807, 2.05) is 0 Å². The molecule has 1 aliphatic heterocycles. The zero-order chi connectivity index (χ0) is 13.5. The number of carbonyl (C=O) groups excluding carboxylic acids is 1. The minimum Gasteiger partial charge on any atom is -0.368 e. The van der Waals surface area contributed by atoms with Gasteiger partial charge in [-0.3, -0.25) is 14.6 Å². The van der Waals surface area contributed by atoms with E-state index in [2.05, 4.69) is 9.80 Å². The predicted octanol–water partition coefficient (Wildman–Crippen LogP) is -0.108. The van der Waals surface area contributed by atoms with Crippen LogP contribution in [0.4, 0.5) is 0 Å². The zero-order valence-corrected chi connectivity index (χ0v) is 11.7. The lowest BCUT2D eigenvalue weighted by Gasteiger charge is -2.44. The van der Waals surface area contributed by atoms with Crippen LogP contribution in [0, 0.1) is 0 Å². The second-order valence-electron chi connectivity index (χ2n) is 6.57. The molecule has 0 bridgehead atoms. The lowest BCUT2D eigenvalue weighted by molar-refractivity contribution is -0.125. The lowest BCUT2D eigenvalue weighted by atomic mass is 9.78. The summed E-state index contributed by atoms with van der Waals surface area (Å²) in [6.07, 6.45) is 6.45. The fourth-order valence-corrected chi connectivity index (χ4v) is 3.72. The molecule has 0 aromatic heterocycles. The van der Waals surface area contributed by atoms with Gasteiger partial charge in [0.2, 0.25) is 5.91 Å². The first-order valence-corrected chi connectivity index (χ1v) is 7.65. The molecule has 1 amide bonds. The van der Waals surface area contributed by atoms with Crippen LogP contribution in [0.3, 0.4) is 0 Å². The normalized spacial score (nSPS) is 38.3. The van der Waals surface area contributed by atoms with Crippen LogP contribution in [0.5, 0.6) is 0 Å². The first-order valence-electron chi connectivity index (χ1n) is 7.65. The molecule has 4 N–H and O–H groups in total. The highest BCUT2D eigenvalue weighted by Crippen LogP contribution is 2.32. The molecule has 0 spiro atoms. The van der Waals surface area contributed by atoms with Crippen LogP contribution < -0.4 is 11.5 Å². The van der Waals surface area contributed by atoms with Gasteiger partial charge in [-0.1, -0.05) is 0 Å². The van der Waals surface area contributed by atoms with Gasteiger partial charge in [0.05, 0.1) is 5.54 Å². The number of primary amides is 1. The van der Waals surface area contributed by atoms with Gasteiger partial charge in [-0.25, -0.2) is 0 Å². The van der Waals surface area contributed by atoms with Crippen molar-refractivity contribution >= 4 is 5.91 Å². The van der Waals surface area contributed by atoms with E-state index in [1.165, 1.54) is 25.9 Å². The molecule has 1 saturated heterocycles. The molecule has 0 radical (unpaired) electrons. The average Bonchev–Trinajstić information content (AvgIpc) is 3.23. The molecule has 108 valence electrons. The molecule has 2 unspecified atom stereocenters. The topological polar surface area (TPSA) is 75.6 Å². The van der Waals surface area contributed by atoms with Crippen LogP contribution >= 0.6 is 0 Å². The Hall–Kier alpha value is -0.650. The first-order chi connectivity index (χ1) is 9.08. The fourth-order valence-electron chi connectivity index (χ4n) is 3.72. The standard InChI is InChI=1S/C14H26N4O/c15-13(19)14(16)5-1-2-12(10-14)18-8-6-17(7-9-18)11-3-4-11/h11-12H,1-10,16H2,(H2,15,19). The van der Waals surface area contributed by atoms with Crippen molar-refractivity contribution in [3.05, 3.63) is 0 Å². The van der Waals surface area contributed by atoms with Gasteiger partial charge in [0, 0.05) is 38.3 Å². The first kappa shape index (κ1) is 13.3. The number of piperazine rings is 1. The Bertz CT molecular complexity index is 349. The average molecular weight is 266 g/mol. The largest absolute Gasteiger partial charge is 0.368 e. The molecule has 2 saturated carbocycles. The van der Waals surface area contributed by atoms with Crippen LogP contribution in [0.15, 0.2) is 0 Å². The van der Waals surface area contributed by atoms with Gasteiger partial charge in [0.25, 0.3) is 0 Å². The monoisotopic (exact) mass is 266 g/mol. The van der Waals surface area contributed by atoms with Crippen molar-refractivity contribution in [3.8, 4) is 0 Å². The summed E-state index contributed by atoms with van der Waals surface area (Å²) in [5.41, 5.74) is 10.9. The molecule has 1 heterocycles. The summed E-state index contributed by atoms with van der Waals surface area (Å²) in [5, 5.41) is 0. The minimum atomic E-state index is -0.767. The highest BCUT2D eigenvalue weighted by Gasteiger charge is 2.41. The van der Waals surface area contributed by atoms with E-state index in [-0.39, 0.29) is 5.91 Å². The van der Waals surface area contributed by atoms with Crippen molar-refractivity contribution in [1.29, 1.82) is 0 Å². The van der Waals surface area contributed by atoms with Crippen LogP contribution in [0.2, 0.25) is 0 Å². The highest BCUT2D eigenvalue weighted by molar-refractivity contribution is 5.84. The minimum absolute atomic E-state index is 0.325. The van der Waals surface area contributed by atoms with Crippen LogP contribution in [-0.4, -0.2) is 59.5 Å². The van der Waals surface area contributed by atoms with Crippen LogP contribution in [0.25, 0.3) is 0 Å². The van der Waals surface area contributed by atoms with Crippen molar-refractivity contribution in [1.82, 2.24) is 9.80 Å². The third kappa shape index (κ3) is 2.78. The molecule has 3 rings (SSSR count). The van der Waals surface area contributed by atoms with Crippen LogP contribution in [0.1, 0.15) is 38.5 Å². The van der Waals surface area contributed by atoms with Gasteiger partial charge in [-0.2, -0.15) is 0 Å². The highest BCUT2D eigenvalue weighted by atomic mass is 16.1. The molecule has 2 aliphatic carbocycles. The maximum Gasteiger partial charge on any atom is 0.237 e. The second-order valence-corrected chi connectivity index (χ2v) is 6.57. The van der Waals surface area contributed by atoms with Crippen molar-refractivity contribution in [3.63, 3.8) is 0 Å². The number of hydrogen-bond donors (Lipinski definition) is 2. The molecule has 5 heteroatoms. The van der Waals surface area contributed by atoms with Gasteiger partial charge in [-0.05, 0) is 38.5 Å². The molecular formula is C14H26N4O. The summed E-state index contributed by atoms with van der Waals surface area (Å²) in [4.78, 5) is 16.7. The Kier molecular flexibility index (Phi) is 3.53. The number of hydrogen-bond acceptors (Lipinski definition) is 4. The third-order valence-electron chi connectivity index (χ3n) is 5.18. The zero-order valence-electron chi connectivity index (χ0n) is 11.7. The SMILES string of the molecule is NC(=O)C1(N)CCCC(N2CCN(C3CC3)CC2)C1. The van der Waals surface area contributed by atoms with E-state index in [1.54, 1.807) is 0 Å². The van der Waals surface area contributed by atoms with E-state index in [0.717, 1.165) is 44.8 Å². The van der Waals surface area contributed by atoms with Gasteiger partial charge in [0.1, 0.15) is 0 Å². The molecule has 3 aliphatic rings. The van der Waals surface area contributed by atoms with Gasteiger partial charge >= 0.3 is 0 Å². The Labute approximate surface area is 115 Å². The molecule has 3 fully saturated rings. The molecule has 2 atom stereocenters. The van der Waals surface area contributed by atoms with Crippen LogP contribution in [-0.2, 0) is 4.79 Å². The van der Waals surface area contributed by atoms with Gasteiger partial charge in [0.15, 0.2) is 0 Å². The van der Waals surface area contributed by atoms with Crippen molar-refractivity contribution in [2.75, 3.05) is 26.2 Å². The summed E-state index contributed by atoms with van der Waals surface area (Å²) in [7, 11) is 0. The maximum atomic E-state index is 11.5. The lowest BCUT2D eigenvalue weighted by Crippen LogP contribution is -2.60. The Morgan fingerprint density at radius 2 is 1.58 bits per heavy atom. The van der Waals surface area contributed by atoms with E-state index in [9.17, 15) is 4.79 Å². The van der Waals surface area contributed by atoms with E-state index >= 15 is 0 Å². The van der Waals surface area contributed by atoms with Gasteiger partial charge in [-0.15, -0.1) is 0 Å². The molecule has 5 nitrogen and oxygen atoms in total. The smallest absolute Gasteiger partial charge is 0.237 e. The molecular weight excluding hydrogens is 240 g/mol. The van der Waals surface area contributed by atoms with Gasteiger partial charge < -0.3 is 11.5 Å². The van der Waals surface area contributed by atoms with E-state index in [0.29, 0.717) is 6.04 Å². The summed E-state index contributed by atoms with van der Waals surface area (Å²) >= 11 is 0. The Morgan fingerprint density at radius 3 is 2.11 bits per heavy atom. The summed E-state index contributed by atoms with van der Waals surface area (Å²) in [5.74, 6) is -0.325. The second kappa shape index (κ2) is 5.04. The summed E-state index contributed by atoms with van der Waals surface area (Å²) in [6, 6.07) is 1.32. The predicted molar refractivity (Wildman–Crippen MR) is 74.5 cm³/mol. The number of nitrogens with two attached hydrogens (primary N) is 2. The number of amides is 1.